The minimum atomic E-state index is -5.08. The van der Waals surface area contributed by atoms with Crippen molar-refractivity contribution < 1.29 is 28.2 Å². The summed E-state index contributed by atoms with van der Waals surface area (Å²) in [5, 5.41) is 28.9. The first-order valence-electron chi connectivity index (χ1n) is 9.80. The van der Waals surface area contributed by atoms with Gasteiger partial charge in [0.1, 0.15) is 6.07 Å². The van der Waals surface area contributed by atoms with Crippen molar-refractivity contribution in [3.63, 3.8) is 0 Å². The Morgan fingerprint density at radius 2 is 1.78 bits per heavy atom. The molecule has 0 radical (unpaired) electrons. The number of hydrogen-bond donors (Lipinski definition) is 3. The number of nitrogens with zero attached hydrogens (tertiary/aromatic N) is 3. The fraction of sp³-hybridized carbons (Fsp3) is 0.455. The topological polar surface area (TPSA) is 119 Å². The first kappa shape index (κ1) is 27.0. The van der Waals surface area contributed by atoms with Crippen LogP contribution in [0.15, 0.2) is 24.3 Å². The molecular weight excluding hydrogens is 425 g/mol. The van der Waals surface area contributed by atoms with E-state index in [1.54, 1.807) is 0 Å². The third kappa shape index (κ3) is 8.99. The van der Waals surface area contributed by atoms with Gasteiger partial charge in [-0.25, -0.2) is 14.8 Å². The Labute approximate surface area is 185 Å². The molecule has 174 valence electrons. The number of nitrogens with one attached hydrogen (secondary N) is 1. The minimum Gasteiger partial charge on any atom is -0.475 e. The monoisotopic (exact) mass is 452 g/mol. The van der Waals surface area contributed by atoms with E-state index in [1.165, 1.54) is 11.1 Å². The Hall–Kier alpha value is -3.03. The van der Waals surface area contributed by atoms with Gasteiger partial charge in [-0.3, -0.25) is 0 Å². The highest BCUT2D eigenvalue weighted by Gasteiger charge is 2.38. The first-order chi connectivity index (χ1) is 14.8. The number of aliphatic hydroxyl groups excluding tert-OH is 1. The van der Waals surface area contributed by atoms with Crippen molar-refractivity contribution in [3.05, 3.63) is 46.9 Å². The molecular formula is C22H27F3N4O3. The van der Waals surface area contributed by atoms with Crippen molar-refractivity contribution in [2.24, 2.45) is 0 Å². The molecule has 0 saturated heterocycles. The molecule has 1 heterocycles. The van der Waals surface area contributed by atoms with E-state index < -0.39 is 12.1 Å². The molecule has 2 aromatic rings. The molecule has 0 saturated carbocycles. The number of rotatable bonds is 7. The number of aliphatic hydroxyl groups is 1. The van der Waals surface area contributed by atoms with Gasteiger partial charge in [0.25, 0.3) is 0 Å². The average Bonchev–Trinajstić information content (AvgIpc) is 2.72. The normalized spacial score (nSPS) is 11.3. The summed E-state index contributed by atoms with van der Waals surface area (Å²) >= 11 is 0. The third-order valence-electron chi connectivity index (χ3n) is 4.53. The molecule has 32 heavy (non-hydrogen) atoms. The number of carboxylic acid groups (broad SMARTS) is 1. The molecule has 2 rings (SSSR count). The van der Waals surface area contributed by atoms with Crippen LogP contribution >= 0.6 is 0 Å². The summed E-state index contributed by atoms with van der Waals surface area (Å²) in [7, 11) is 0. The van der Waals surface area contributed by atoms with Crippen molar-refractivity contribution in [2.45, 2.75) is 52.3 Å². The molecule has 0 spiro atoms. The lowest BCUT2D eigenvalue weighted by Gasteiger charge is -2.23. The molecule has 0 fully saturated rings. The van der Waals surface area contributed by atoms with E-state index in [2.05, 4.69) is 47.3 Å². The Morgan fingerprint density at radius 3 is 2.28 bits per heavy atom. The van der Waals surface area contributed by atoms with Gasteiger partial charge in [-0.05, 0) is 70.3 Å². The number of aromatic nitrogens is 2. The zero-order valence-electron chi connectivity index (χ0n) is 18.4. The van der Waals surface area contributed by atoms with Crippen LogP contribution in [0.1, 0.15) is 42.9 Å². The van der Waals surface area contributed by atoms with E-state index >= 15 is 0 Å². The predicted octanol–water partition coefficient (Wildman–Crippen LogP) is 3.56. The molecule has 1 aromatic heterocycles. The molecule has 0 aliphatic carbocycles. The van der Waals surface area contributed by atoms with Crippen LogP contribution in [0.2, 0.25) is 0 Å². The maximum Gasteiger partial charge on any atom is 0.490 e. The van der Waals surface area contributed by atoms with Crippen molar-refractivity contribution in [3.8, 4) is 17.3 Å². The van der Waals surface area contributed by atoms with E-state index in [0.717, 1.165) is 36.3 Å². The molecule has 0 aliphatic rings. The molecule has 0 atom stereocenters. The minimum absolute atomic E-state index is 0.0933. The van der Waals surface area contributed by atoms with Crippen LogP contribution in [0.3, 0.4) is 0 Å². The predicted molar refractivity (Wildman–Crippen MR) is 113 cm³/mol. The Morgan fingerprint density at radius 1 is 1.16 bits per heavy atom. The van der Waals surface area contributed by atoms with E-state index in [1.807, 2.05) is 26.0 Å². The van der Waals surface area contributed by atoms with Gasteiger partial charge >= 0.3 is 12.1 Å². The zero-order chi connectivity index (χ0) is 24.5. The van der Waals surface area contributed by atoms with Crippen LogP contribution < -0.4 is 5.32 Å². The lowest BCUT2D eigenvalue weighted by atomic mass is 10.0. The Kier molecular flexibility index (Phi) is 9.75. The fourth-order valence-corrected chi connectivity index (χ4v) is 2.48. The van der Waals surface area contributed by atoms with Crippen LogP contribution in [-0.2, 0) is 11.2 Å². The highest BCUT2D eigenvalue weighted by molar-refractivity contribution is 5.73. The summed E-state index contributed by atoms with van der Waals surface area (Å²) in [4.78, 5) is 17.6. The van der Waals surface area contributed by atoms with Gasteiger partial charge in [0, 0.05) is 16.8 Å². The van der Waals surface area contributed by atoms with Gasteiger partial charge in [-0.2, -0.15) is 18.4 Å². The van der Waals surface area contributed by atoms with Gasteiger partial charge in [-0.15, -0.1) is 0 Å². The number of aryl methyl sites for hydroxylation is 3. The van der Waals surface area contributed by atoms with Gasteiger partial charge < -0.3 is 15.5 Å². The average molecular weight is 452 g/mol. The standard InChI is InChI=1S/C20H26N4O.C2HF3O2/c1-14-7-8-16(10-15(14)2)18-11-17(23-19(12-21)24-18)6-5-9-22-20(3,4)13-25;3-2(4,5)1(6)7/h7-8,10-11,22,25H,5-6,9,13H2,1-4H3;(H,6,7). The van der Waals surface area contributed by atoms with Crippen LogP contribution in [0, 0.1) is 25.2 Å². The summed E-state index contributed by atoms with van der Waals surface area (Å²) in [6.45, 7) is 8.94. The lowest BCUT2D eigenvalue weighted by Crippen LogP contribution is -2.43. The Bertz CT molecular complexity index is 970. The molecule has 1 aromatic carbocycles. The third-order valence-corrected chi connectivity index (χ3v) is 4.53. The second-order valence-electron chi connectivity index (χ2n) is 7.85. The summed E-state index contributed by atoms with van der Waals surface area (Å²) in [6.07, 6.45) is -3.46. The van der Waals surface area contributed by atoms with Crippen molar-refractivity contribution >= 4 is 5.97 Å². The second-order valence-corrected chi connectivity index (χ2v) is 7.85. The highest BCUT2D eigenvalue weighted by Crippen LogP contribution is 2.21. The molecule has 0 unspecified atom stereocenters. The number of halogens is 3. The molecule has 0 aliphatic heterocycles. The number of hydrogen-bond acceptors (Lipinski definition) is 6. The lowest BCUT2D eigenvalue weighted by molar-refractivity contribution is -0.192. The fourth-order valence-electron chi connectivity index (χ4n) is 2.48. The van der Waals surface area contributed by atoms with Gasteiger partial charge in [0.15, 0.2) is 0 Å². The van der Waals surface area contributed by atoms with Crippen LogP contribution in [-0.4, -0.2) is 51.0 Å². The smallest absolute Gasteiger partial charge is 0.475 e. The largest absolute Gasteiger partial charge is 0.490 e. The molecule has 10 heteroatoms. The maximum atomic E-state index is 10.6. The van der Waals surface area contributed by atoms with Gasteiger partial charge in [-0.1, -0.05) is 12.1 Å². The van der Waals surface area contributed by atoms with Crippen LogP contribution in [0.25, 0.3) is 11.3 Å². The van der Waals surface area contributed by atoms with Crippen LogP contribution in [0.4, 0.5) is 13.2 Å². The molecule has 3 N–H and O–H groups in total. The summed E-state index contributed by atoms with van der Waals surface area (Å²) in [6, 6.07) is 10.2. The van der Waals surface area contributed by atoms with Crippen molar-refractivity contribution in [1.29, 1.82) is 5.26 Å². The molecule has 0 amide bonds. The van der Waals surface area contributed by atoms with E-state index in [9.17, 15) is 23.5 Å². The van der Waals surface area contributed by atoms with E-state index in [0.29, 0.717) is 0 Å². The van der Waals surface area contributed by atoms with Crippen LogP contribution in [0.5, 0.6) is 0 Å². The van der Waals surface area contributed by atoms with Gasteiger partial charge in [0.2, 0.25) is 5.82 Å². The maximum absolute atomic E-state index is 10.6. The summed E-state index contributed by atoms with van der Waals surface area (Å²) in [5.74, 6) is -2.55. The summed E-state index contributed by atoms with van der Waals surface area (Å²) < 4.78 is 31.7. The number of carbonyl (C=O) groups is 1. The second kappa shape index (κ2) is 11.5. The highest BCUT2D eigenvalue weighted by atomic mass is 19.4. The van der Waals surface area contributed by atoms with Gasteiger partial charge in [0.05, 0.1) is 12.3 Å². The van der Waals surface area contributed by atoms with Crippen molar-refractivity contribution in [1.82, 2.24) is 15.3 Å². The Balaban J connectivity index is 0.000000633. The quantitative estimate of drug-likeness (QED) is 0.550. The number of nitriles is 1. The van der Waals surface area contributed by atoms with E-state index in [4.69, 9.17) is 9.90 Å². The number of aliphatic carboxylic acids is 1. The number of alkyl halides is 3. The van der Waals surface area contributed by atoms with Crippen molar-refractivity contribution in [2.75, 3.05) is 13.2 Å². The SMILES string of the molecule is Cc1ccc(-c2cc(CCCNC(C)(C)CO)nc(C#N)n2)cc1C.O=C(O)C(F)(F)F. The summed E-state index contributed by atoms with van der Waals surface area (Å²) in [5.41, 5.74) is 4.80. The molecule has 0 bridgehead atoms. The van der Waals surface area contributed by atoms with E-state index in [-0.39, 0.29) is 18.0 Å². The molecule has 7 nitrogen and oxygen atoms in total. The number of carboxylic acids is 1. The zero-order valence-corrected chi connectivity index (χ0v) is 18.4. The number of benzene rings is 1. The first-order valence-corrected chi connectivity index (χ1v) is 9.80.